The summed E-state index contributed by atoms with van der Waals surface area (Å²) >= 11 is 0. The molecular weight excluding hydrogens is 251 g/mol. The molecule has 0 aromatic heterocycles. The molecule has 3 nitrogen and oxygen atoms in total. The highest BCUT2D eigenvalue weighted by molar-refractivity contribution is 6.11. The van der Waals surface area contributed by atoms with E-state index in [-0.39, 0.29) is 12.0 Å². The van der Waals surface area contributed by atoms with Crippen LogP contribution in [0, 0.1) is 11.8 Å². The second kappa shape index (κ2) is 5.25. The van der Waals surface area contributed by atoms with Gasteiger partial charge in [0, 0.05) is 6.00 Å². The fraction of sp³-hybridized carbons (Fsp3) is 0.562. The molecule has 2 bridgehead atoms. The number of rotatable bonds is 4. The lowest BCUT2D eigenvalue weighted by molar-refractivity contribution is -0.153. The third kappa shape index (κ3) is 2.37. The molecule has 1 aliphatic carbocycles. The van der Waals surface area contributed by atoms with Crippen molar-refractivity contribution in [3.63, 3.8) is 0 Å². The molecule has 2 radical (unpaired) electrons. The van der Waals surface area contributed by atoms with E-state index in [1.165, 1.54) is 0 Å². The molecule has 1 unspecified atom stereocenters. The Bertz CT molecular complexity index is 490. The molecule has 1 saturated carbocycles. The summed E-state index contributed by atoms with van der Waals surface area (Å²) in [7, 11) is 5.96. The Hall–Kier alpha value is -1.29. The molecule has 1 aliphatic heterocycles. The van der Waals surface area contributed by atoms with Crippen molar-refractivity contribution in [2.24, 2.45) is 11.8 Å². The molecule has 1 saturated heterocycles. The Morgan fingerprint density at radius 1 is 1.45 bits per heavy atom. The quantitative estimate of drug-likeness (QED) is 0.622. The second-order valence-electron chi connectivity index (χ2n) is 5.96. The molecular formula is C16H19BO3. The zero-order valence-electron chi connectivity index (χ0n) is 11.7. The Morgan fingerprint density at radius 2 is 2.20 bits per heavy atom. The Labute approximate surface area is 121 Å². The molecule has 2 aliphatic rings. The fourth-order valence-corrected chi connectivity index (χ4v) is 3.58. The normalized spacial score (nSPS) is 35.1. The van der Waals surface area contributed by atoms with Crippen molar-refractivity contribution in [2.45, 2.75) is 44.4 Å². The Kier molecular flexibility index (Phi) is 3.59. The lowest BCUT2D eigenvalue weighted by Gasteiger charge is -2.30. The van der Waals surface area contributed by atoms with Crippen molar-refractivity contribution < 1.29 is 14.3 Å². The Balaban J connectivity index is 1.57. The third-order valence-corrected chi connectivity index (χ3v) is 4.85. The van der Waals surface area contributed by atoms with E-state index in [4.69, 9.17) is 17.3 Å². The average molecular weight is 270 g/mol. The SMILES string of the molecule is [B][C@@H]1O[C@@]2(CC(=O)OCc3ccccc3)CC[C@H]1C2C. The van der Waals surface area contributed by atoms with Gasteiger partial charge < -0.3 is 9.47 Å². The number of benzene rings is 1. The van der Waals surface area contributed by atoms with E-state index >= 15 is 0 Å². The first-order valence-corrected chi connectivity index (χ1v) is 7.24. The van der Waals surface area contributed by atoms with Crippen molar-refractivity contribution in [2.75, 3.05) is 0 Å². The maximum Gasteiger partial charge on any atom is 0.309 e. The summed E-state index contributed by atoms with van der Waals surface area (Å²) in [4.78, 5) is 12.1. The molecule has 1 heterocycles. The summed E-state index contributed by atoms with van der Waals surface area (Å²) in [5.74, 6) is 0.522. The van der Waals surface area contributed by atoms with Gasteiger partial charge in [0.25, 0.3) is 0 Å². The number of carbonyl (C=O) groups excluding carboxylic acids is 1. The van der Waals surface area contributed by atoms with E-state index in [1.54, 1.807) is 0 Å². The van der Waals surface area contributed by atoms with Crippen molar-refractivity contribution in [1.82, 2.24) is 0 Å². The minimum atomic E-state index is -0.391. The van der Waals surface area contributed by atoms with E-state index in [9.17, 15) is 4.79 Å². The van der Waals surface area contributed by atoms with Gasteiger partial charge in [-0.2, -0.15) is 0 Å². The summed E-state index contributed by atoms with van der Waals surface area (Å²) in [6.45, 7) is 2.45. The smallest absolute Gasteiger partial charge is 0.309 e. The van der Waals surface area contributed by atoms with Gasteiger partial charge in [-0.1, -0.05) is 37.3 Å². The summed E-state index contributed by atoms with van der Waals surface area (Å²) in [6.07, 6.45) is 2.27. The summed E-state index contributed by atoms with van der Waals surface area (Å²) in [5.41, 5.74) is 0.609. The number of esters is 1. The predicted molar refractivity (Wildman–Crippen MR) is 76.1 cm³/mol. The lowest BCUT2D eigenvalue weighted by atomic mass is 9.81. The van der Waals surface area contributed by atoms with Crippen LogP contribution >= 0.6 is 0 Å². The van der Waals surface area contributed by atoms with Crippen molar-refractivity contribution in [3.8, 4) is 0 Å². The fourth-order valence-electron chi connectivity index (χ4n) is 3.58. The van der Waals surface area contributed by atoms with Crippen LogP contribution in [0.1, 0.15) is 31.7 Å². The van der Waals surface area contributed by atoms with Gasteiger partial charge in [-0.3, -0.25) is 4.79 Å². The zero-order chi connectivity index (χ0) is 14.2. The molecule has 1 aromatic rings. The van der Waals surface area contributed by atoms with Gasteiger partial charge in [-0.25, -0.2) is 0 Å². The summed E-state index contributed by atoms with van der Waals surface area (Å²) in [6, 6.07) is 9.48. The van der Waals surface area contributed by atoms with Gasteiger partial charge in [0.1, 0.15) is 14.5 Å². The largest absolute Gasteiger partial charge is 0.461 e. The van der Waals surface area contributed by atoms with Gasteiger partial charge >= 0.3 is 5.97 Å². The van der Waals surface area contributed by atoms with Crippen LogP contribution in [0.4, 0.5) is 0 Å². The number of hydrogen-bond donors (Lipinski definition) is 0. The topological polar surface area (TPSA) is 35.5 Å². The highest BCUT2D eigenvalue weighted by Crippen LogP contribution is 2.53. The monoisotopic (exact) mass is 270 g/mol. The van der Waals surface area contributed by atoms with Crippen molar-refractivity contribution >= 4 is 13.8 Å². The van der Waals surface area contributed by atoms with E-state index in [1.807, 2.05) is 30.3 Å². The van der Waals surface area contributed by atoms with Crippen molar-refractivity contribution in [1.29, 1.82) is 0 Å². The first-order valence-electron chi connectivity index (χ1n) is 7.24. The van der Waals surface area contributed by atoms with E-state index in [2.05, 4.69) is 6.92 Å². The van der Waals surface area contributed by atoms with E-state index in [0.29, 0.717) is 24.9 Å². The molecule has 4 heteroatoms. The number of ether oxygens (including phenoxy) is 2. The van der Waals surface area contributed by atoms with Crippen LogP contribution in [0.2, 0.25) is 0 Å². The van der Waals surface area contributed by atoms with E-state index in [0.717, 1.165) is 18.4 Å². The van der Waals surface area contributed by atoms with Crippen LogP contribution < -0.4 is 0 Å². The minimum Gasteiger partial charge on any atom is -0.461 e. The standard InChI is InChI=1S/C16H19BO3/c1-11-13-7-8-16(11,20-15(13)17)9-14(18)19-10-12-5-3-2-4-6-12/h2-6,11,13,15H,7-10H2,1H3/t11?,13-,15+,16+/m0/s1. The van der Waals surface area contributed by atoms with Gasteiger partial charge in [0.2, 0.25) is 0 Å². The lowest BCUT2D eigenvalue weighted by Crippen LogP contribution is -2.36. The van der Waals surface area contributed by atoms with Gasteiger partial charge in [-0.15, -0.1) is 0 Å². The predicted octanol–water partition coefficient (Wildman–Crippen LogP) is 2.43. The van der Waals surface area contributed by atoms with Crippen molar-refractivity contribution in [3.05, 3.63) is 35.9 Å². The average Bonchev–Trinajstić information content (AvgIpc) is 2.86. The molecule has 2 fully saturated rings. The summed E-state index contributed by atoms with van der Waals surface area (Å²) in [5, 5.41) is 0. The van der Waals surface area contributed by atoms with Crippen LogP contribution in [0.3, 0.4) is 0 Å². The number of hydrogen-bond acceptors (Lipinski definition) is 3. The molecule has 0 N–H and O–H groups in total. The maximum atomic E-state index is 12.1. The number of carbonyl (C=O) groups is 1. The second-order valence-corrected chi connectivity index (χ2v) is 5.96. The van der Waals surface area contributed by atoms with Crippen LogP contribution in [0.15, 0.2) is 30.3 Å². The molecule has 20 heavy (non-hydrogen) atoms. The Morgan fingerprint density at radius 3 is 2.80 bits per heavy atom. The van der Waals surface area contributed by atoms with Gasteiger partial charge in [0.15, 0.2) is 0 Å². The molecule has 0 spiro atoms. The first kappa shape index (κ1) is 13.7. The minimum absolute atomic E-state index is 0.199. The highest BCUT2D eigenvalue weighted by atomic mass is 16.5. The molecule has 1 aromatic carbocycles. The zero-order valence-corrected chi connectivity index (χ0v) is 11.7. The molecule has 3 rings (SSSR count). The highest BCUT2D eigenvalue weighted by Gasteiger charge is 2.56. The van der Waals surface area contributed by atoms with Crippen LogP contribution in [-0.4, -0.2) is 25.4 Å². The molecule has 104 valence electrons. The number of fused-ring (bicyclic) bond motifs is 2. The van der Waals surface area contributed by atoms with Crippen LogP contribution in [-0.2, 0) is 20.9 Å². The maximum absolute atomic E-state index is 12.1. The summed E-state index contributed by atoms with van der Waals surface area (Å²) < 4.78 is 11.2. The van der Waals surface area contributed by atoms with Crippen LogP contribution in [0.25, 0.3) is 0 Å². The van der Waals surface area contributed by atoms with E-state index < -0.39 is 5.60 Å². The molecule has 4 atom stereocenters. The van der Waals surface area contributed by atoms with Gasteiger partial charge in [-0.05, 0) is 30.2 Å². The first-order chi connectivity index (χ1) is 9.61. The third-order valence-electron chi connectivity index (χ3n) is 4.85. The van der Waals surface area contributed by atoms with Gasteiger partial charge in [0.05, 0.1) is 12.0 Å². The molecule has 0 amide bonds. The van der Waals surface area contributed by atoms with Crippen LogP contribution in [0.5, 0.6) is 0 Å².